The first-order valence-electron chi connectivity index (χ1n) is 20.4. The number of hydrogen-bond acceptors (Lipinski definition) is 2. The molecule has 12 aromatic rings. The predicted molar refractivity (Wildman–Crippen MR) is 246 cm³/mol. The summed E-state index contributed by atoms with van der Waals surface area (Å²) in [6, 6.07) is 66.3. The van der Waals surface area contributed by atoms with E-state index in [-0.39, 0.29) is 5.41 Å². The summed E-state index contributed by atoms with van der Waals surface area (Å²) in [6.07, 6.45) is 0. The molecule has 0 fully saturated rings. The van der Waals surface area contributed by atoms with Crippen molar-refractivity contribution in [2.75, 3.05) is 0 Å². The van der Waals surface area contributed by atoms with Gasteiger partial charge in [-0.05, 0) is 92.3 Å². The van der Waals surface area contributed by atoms with Crippen LogP contribution in [0.15, 0.2) is 182 Å². The van der Waals surface area contributed by atoms with Crippen molar-refractivity contribution in [1.82, 2.24) is 19.1 Å². The lowest BCUT2D eigenvalue weighted by atomic mass is 9.79. The summed E-state index contributed by atoms with van der Waals surface area (Å²) < 4.78 is 4.70. The molecule has 0 amide bonds. The van der Waals surface area contributed by atoms with E-state index >= 15 is 0 Å². The summed E-state index contributed by atoms with van der Waals surface area (Å²) in [7, 11) is 0. The summed E-state index contributed by atoms with van der Waals surface area (Å²) >= 11 is 0. The van der Waals surface area contributed by atoms with Crippen molar-refractivity contribution in [2.45, 2.75) is 19.3 Å². The number of nitrogens with zero attached hydrogens (tertiary/aromatic N) is 4. The lowest BCUT2D eigenvalue weighted by molar-refractivity contribution is 0.662. The topological polar surface area (TPSA) is 35.6 Å². The smallest absolute Gasteiger partial charge is 0.235 e. The summed E-state index contributed by atoms with van der Waals surface area (Å²) in [6.45, 7) is 4.69. The molecule has 0 bridgehead atoms. The van der Waals surface area contributed by atoms with Crippen LogP contribution in [-0.2, 0) is 5.41 Å². The van der Waals surface area contributed by atoms with Gasteiger partial charge in [0, 0.05) is 43.6 Å². The summed E-state index contributed by atoms with van der Waals surface area (Å²) in [5.41, 5.74) is 13.8. The fraction of sp³-hybridized carbons (Fsp3) is 0.0545. The molecule has 3 aromatic heterocycles. The third kappa shape index (κ3) is 4.43. The van der Waals surface area contributed by atoms with E-state index < -0.39 is 0 Å². The minimum absolute atomic E-state index is 0.188. The van der Waals surface area contributed by atoms with Crippen LogP contribution in [0.25, 0.3) is 110 Å². The molecule has 13 rings (SSSR count). The molecule has 0 saturated heterocycles. The van der Waals surface area contributed by atoms with Gasteiger partial charge in [0.05, 0.1) is 33.3 Å². The number of hydrogen-bond donors (Lipinski definition) is 0. The minimum Gasteiger partial charge on any atom is -0.309 e. The number of aromatic nitrogens is 4. The van der Waals surface area contributed by atoms with Crippen LogP contribution in [-0.4, -0.2) is 19.1 Å². The van der Waals surface area contributed by atoms with E-state index in [1.54, 1.807) is 0 Å². The molecule has 0 saturated carbocycles. The zero-order valence-corrected chi connectivity index (χ0v) is 32.6. The molecule has 0 atom stereocenters. The molecule has 4 heteroatoms. The highest BCUT2D eigenvalue weighted by Gasteiger charge is 2.38. The average Bonchev–Trinajstić information content (AvgIpc) is 3.88. The van der Waals surface area contributed by atoms with Crippen molar-refractivity contribution in [3.8, 4) is 34.0 Å². The highest BCUT2D eigenvalue weighted by atomic mass is 15.2. The Balaban J connectivity index is 1.04. The molecule has 0 spiro atoms. The molecule has 59 heavy (non-hydrogen) atoms. The quantitative estimate of drug-likeness (QED) is 0.180. The molecular formula is C55H36N4. The molecule has 276 valence electrons. The summed E-state index contributed by atoms with van der Waals surface area (Å²) in [5, 5.41) is 10.8. The molecule has 9 aromatic carbocycles. The van der Waals surface area contributed by atoms with Gasteiger partial charge in [-0.25, -0.2) is 9.97 Å². The Morgan fingerprint density at radius 3 is 1.97 bits per heavy atom. The second kappa shape index (κ2) is 11.7. The third-order valence-electron chi connectivity index (χ3n) is 13.1. The highest BCUT2D eigenvalue weighted by molar-refractivity contribution is 6.21. The van der Waals surface area contributed by atoms with Gasteiger partial charge in [-0.1, -0.05) is 147 Å². The van der Waals surface area contributed by atoms with Crippen LogP contribution in [0.2, 0.25) is 0 Å². The van der Waals surface area contributed by atoms with E-state index in [0.717, 1.165) is 44.3 Å². The van der Waals surface area contributed by atoms with Crippen molar-refractivity contribution in [3.63, 3.8) is 0 Å². The molecule has 1 aliphatic carbocycles. The van der Waals surface area contributed by atoms with Gasteiger partial charge >= 0.3 is 0 Å². The zero-order valence-electron chi connectivity index (χ0n) is 32.6. The molecule has 4 nitrogen and oxygen atoms in total. The second-order valence-electron chi connectivity index (χ2n) is 16.6. The number of para-hydroxylation sites is 3. The molecular weight excluding hydrogens is 717 g/mol. The molecule has 0 aliphatic heterocycles. The Labute approximate surface area is 340 Å². The van der Waals surface area contributed by atoms with Gasteiger partial charge in [0.2, 0.25) is 5.95 Å². The molecule has 0 radical (unpaired) electrons. The number of benzene rings is 9. The molecule has 0 unspecified atom stereocenters. The Kier molecular flexibility index (Phi) is 6.48. The van der Waals surface area contributed by atoms with Crippen LogP contribution in [0.5, 0.6) is 0 Å². The van der Waals surface area contributed by atoms with Crippen LogP contribution < -0.4 is 0 Å². The molecule has 1 aliphatic rings. The lowest BCUT2D eigenvalue weighted by Crippen LogP contribution is -2.16. The first-order chi connectivity index (χ1) is 29.0. The van der Waals surface area contributed by atoms with Crippen molar-refractivity contribution >= 4 is 76.1 Å². The van der Waals surface area contributed by atoms with Crippen molar-refractivity contribution in [3.05, 3.63) is 193 Å². The standard InChI is InChI=1S/C55H36N4/c1-55(2)45-22-9-5-16-38(45)40-20-13-21-43(52(40)55)53-41-18-6-10-23-46(41)56-54(57-53)59-47-24-11-7-17-39(47)44-31-35-30-36(28-26-34(35)32-50(44)59)58-48-25-12-8-19-42(48)51-37-15-4-3-14-33(37)27-29-49(51)58/h3-32H,1-2H3. The fourth-order valence-corrected chi connectivity index (χ4v) is 10.5. The Hall–Kier alpha value is -7.56. The normalized spacial score (nSPS) is 13.4. The van der Waals surface area contributed by atoms with Gasteiger partial charge in [-0.15, -0.1) is 0 Å². The van der Waals surface area contributed by atoms with E-state index in [4.69, 9.17) is 9.97 Å². The molecule has 3 heterocycles. The van der Waals surface area contributed by atoms with Crippen LogP contribution in [0.3, 0.4) is 0 Å². The first kappa shape index (κ1) is 32.5. The van der Waals surface area contributed by atoms with Gasteiger partial charge in [0.25, 0.3) is 0 Å². The van der Waals surface area contributed by atoms with E-state index in [2.05, 4.69) is 205 Å². The van der Waals surface area contributed by atoms with Crippen LogP contribution >= 0.6 is 0 Å². The number of rotatable bonds is 3. The third-order valence-corrected chi connectivity index (χ3v) is 13.1. The van der Waals surface area contributed by atoms with Crippen molar-refractivity contribution < 1.29 is 0 Å². The van der Waals surface area contributed by atoms with Crippen molar-refractivity contribution in [1.29, 1.82) is 0 Å². The second-order valence-corrected chi connectivity index (χ2v) is 16.6. The SMILES string of the molecule is CC1(C)c2ccccc2-c2cccc(-c3nc(-n4c5ccccc5c5cc6cc(-n7c8ccccc8c8c9ccccc9ccc87)ccc6cc54)nc4ccccc34)c21. The van der Waals surface area contributed by atoms with Gasteiger partial charge in [-0.3, -0.25) is 4.57 Å². The lowest BCUT2D eigenvalue weighted by Gasteiger charge is -2.24. The van der Waals surface area contributed by atoms with Gasteiger partial charge < -0.3 is 4.57 Å². The Morgan fingerprint density at radius 1 is 0.407 bits per heavy atom. The van der Waals surface area contributed by atoms with Crippen LogP contribution in [0.1, 0.15) is 25.0 Å². The number of fused-ring (bicyclic) bond motifs is 13. The van der Waals surface area contributed by atoms with E-state index in [1.165, 1.54) is 71.0 Å². The Bertz CT molecular complexity index is 3770. The van der Waals surface area contributed by atoms with Gasteiger partial charge in [0.15, 0.2) is 0 Å². The maximum Gasteiger partial charge on any atom is 0.235 e. The monoisotopic (exact) mass is 752 g/mol. The van der Waals surface area contributed by atoms with Gasteiger partial charge in [-0.2, -0.15) is 0 Å². The van der Waals surface area contributed by atoms with E-state index in [9.17, 15) is 0 Å². The first-order valence-corrected chi connectivity index (χ1v) is 20.4. The average molecular weight is 753 g/mol. The van der Waals surface area contributed by atoms with E-state index in [1.807, 2.05) is 0 Å². The van der Waals surface area contributed by atoms with Crippen LogP contribution in [0, 0.1) is 0 Å². The van der Waals surface area contributed by atoms with E-state index in [0.29, 0.717) is 5.95 Å². The molecule has 0 N–H and O–H groups in total. The van der Waals surface area contributed by atoms with Crippen LogP contribution in [0.4, 0.5) is 0 Å². The minimum atomic E-state index is -0.188. The maximum atomic E-state index is 5.58. The maximum absolute atomic E-state index is 5.58. The largest absolute Gasteiger partial charge is 0.309 e. The highest BCUT2D eigenvalue weighted by Crippen LogP contribution is 2.52. The predicted octanol–water partition coefficient (Wildman–Crippen LogP) is 14.1. The summed E-state index contributed by atoms with van der Waals surface area (Å²) in [5.74, 6) is 0.671. The zero-order chi connectivity index (χ0) is 39.0. The Morgan fingerprint density at radius 2 is 1.08 bits per heavy atom. The fourth-order valence-electron chi connectivity index (χ4n) is 10.5. The summed E-state index contributed by atoms with van der Waals surface area (Å²) in [4.78, 5) is 10.9. The van der Waals surface area contributed by atoms with Crippen molar-refractivity contribution in [2.24, 2.45) is 0 Å². The van der Waals surface area contributed by atoms with Gasteiger partial charge in [0.1, 0.15) is 0 Å².